The molecule has 0 saturated carbocycles. The van der Waals surface area contributed by atoms with Crippen molar-refractivity contribution < 1.29 is 0 Å². The van der Waals surface area contributed by atoms with Crippen LogP contribution in [0, 0.1) is 24.2 Å². The van der Waals surface area contributed by atoms with E-state index in [4.69, 9.17) is 5.26 Å². The van der Waals surface area contributed by atoms with Crippen molar-refractivity contribution in [2.75, 3.05) is 11.9 Å². The summed E-state index contributed by atoms with van der Waals surface area (Å²) in [5, 5.41) is 12.9. The molecule has 0 unspecified atom stereocenters. The van der Waals surface area contributed by atoms with Gasteiger partial charge in [-0.1, -0.05) is 13.8 Å². The van der Waals surface area contributed by atoms with Crippen molar-refractivity contribution in [1.82, 2.24) is 4.37 Å². The predicted molar refractivity (Wildman–Crippen MR) is 54.9 cm³/mol. The lowest BCUT2D eigenvalue weighted by molar-refractivity contribution is 0.690. The number of nitrogens with zero attached hydrogens (tertiary/aromatic N) is 2. The first kappa shape index (κ1) is 10.0. The van der Waals surface area contributed by atoms with E-state index in [1.54, 1.807) is 0 Å². The first-order valence-corrected chi connectivity index (χ1v) is 5.02. The highest BCUT2D eigenvalue weighted by atomic mass is 32.1. The lowest BCUT2D eigenvalue weighted by atomic mass is 10.2. The molecule has 0 amide bonds. The van der Waals surface area contributed by atoms with Crippen molar-refractivity contribution in [3.05, 3.63) is 11.3 Å². The second kappa shape index (κ2) is 4.24. The zero-order valence-electron chi connectivity index (χ0n) is 8.09. The van der Waals surface area contributed by atoms with E-state index >= 15 is 0 Å². The summed E-state index contributed by atoms with van der Waals surface area (Å²) in [5.74, 6) is 0.578. The normalized spacial score (nSPS) is 10.1. The zero-order chi connectivity index (χ0) is 9.84. The summed E-state index contributed by atoms with van der Waals surface area (Å²) in [4.78, 5) is 0. The summed E-state index contributed by atoms with van der Waals surface area (Å²) in [7, 11) is 0. The van der Waals surface area contributed by atoms with Crippen LogP contribution in [-0.4, -0.2) is 10.9 Å². The molecule has 1 heterocycles. The van der Waals surface area contributed by atoms with Gasteiger partial charge in [0.05, 0.1) is 5.69 Å². The average molecular weight is 195 g/mol. The lowest BCUT2D eigenvalue weighted by Crippen LogP contribution is -2.07. The van der Waals surface area contributed by atoms with E-state index < -0.39 is 0 Å². The van der Waals surface area contributed by atoms with Crippen LogP contribution in [0.25, 0.3) is 0 Å². The zero-order valence-corrected chi connectivity index (χ0v) is 8.90. The molecule has 1 aromatic rings. The van der Waals surface area contributed by atoms with Gasteiger partial charge in [-0.25, -0.2) is 0 Å². The lowest BCUT2D eigenvalue weighted by Gasteiger charge is -2.05. The Kier molecular flexibility index (Phi) is 3.26. The average Bonchev–Trinajstić information content (AvgIpc) is 2.42. The van der Waals surface area contributed by atoms with Gasteiger partial charge in [-0.15, -0.1) is 0 Å². The van der Waals surface area contributed by atoms with Gasteiger partial charge in [-0.05, 0) is 24.4 Å². The van der Waals surface area contributed by atoms with Gasteiger partial charge in [0.15, 0.2) is 0 Å². The number of aromatic nitrogens is 1. The highest BCUT2D eigenvalue weighted by molar-refractivity contribution is 7.10. The second-order valence-corrected chi connectivity index (χ2v) is 4.13. The van der Waals surface area contributed by atoms with E-state index in [-0.39, 0.29) is 0 Å². The maximum absolute atomic E-state index is 8.83. The molecule has 0 radical (unpaired) electrons. The van der Waals surface area contributed by atoms with Crippen LogP contribution in [0.5, 0.6) is 0 Å². The molecule has 0 fully saturated rings. The van der Waals surface area contributed by atoms with Crippen LogP contribution in [0.3, 0.4) is 0 Å². The molecule has 1 rings (SSSR count). The number of hydrogen-bond acceptors (Lipinski definition) is 4. The summed E-state index contributed by atoms with van der Waals surface area (Å²) in [6, 6.07) is 2.15. The first-order valence-electron chi connectivity index (χ1n) is 4.25. The molecule has 0 aromatic carbocycles. The molecule has 0 aliphatic rings. The van der Waals surface area contributed by atoms with Gasteiger partial charge in [0.2, 0.25) is 0 Å². The van der Waals surface area contributed by atoms with Gasteiger partial charge in [-0.3, -0.25) is 0 Å². The van der Waals surface area contributed by atoms with Crippen LogP contribution in [0.4, 0.5) is 5.00 Å². The highest BCUT2D eigenvalue weighted by Crippen LogP contribution is 2.23. The highest BCUT2D eigenvalue weighted by Gasteiger charge is 2.09. The van der Waals surface area contributed by atoms with Crippen LogP contribution in [0.1, 0.15) is 25.1 Å². The number of anilines is 1. The van der Waals surface area contributed by atoms with Gasteiger partial charge in [0, 0.05) is 6.54 Å². The van der Waals surface area contributed by atoms with E-state index in [1.807, 2.05) is 6.92 Å². The van der Waals surface area contributed by atoms with Crippen molar-refractivity contribution in [1.29, 1.82) is 5.26 Å². The van der Waals surface area contributed by atoms with Crippen LogP contribution >= 0.6 is 11.5 Å². The van der Waals surface area contributed by atoms with Crippen LogP contribution < -0.4 is 5.32 Å². The van der Waals surface area contributed by atoms with E-state index in [0.29, 0.717) is 11.5 Å². The number of hydrogen-bond donors (Lipinski definition) is 1. The monoisotopic (exact) mass is 195 g/mol. The third kappa shape index (κ3) is 2.43. The molecule has 70 valence electrons. The fourth-order valence-electron chi connectivity index (χ4n) is 0.919. The number of nitriles is 1. The van der Waals surface area contributed by atoms with Gasteiger partial charge in [0.25, 0.3) is 0 Å². The van der Waals surface area contributed by atoms with Crippen molar-refractivity contribution >= 4 is 16.5 Å². The first-order chi connectivity index (χ1) is 6.15. The molecule has 0 aliphatic carbocycles. The molecule has 4 heteroatoms. The van der Waals surface area contributed by atoms with E-state index in [2.05, 4.69) is 29.6 Å². The Morgan fingerprint density at radius 1 is 1.62 bits per heavy atom. The minimum Gasteiger partial charge on any atom is -0.374 e. The largest absolute Gasteiger partial charge is 0.374 e. The van der Waals surface area contributed by atoms with E-state index in [1.165, 1.54) is 11.5 Å². The second-order valence-electron chi connectivity index (χ2n) is 3.36. The number of rotatable bonds is 3. The summed E-state index contributed by atoms with van der Waals surface area (Å²) in [5.41, 5.74) is 1.50. The fourth-order valence-corrected chi connectivity index (χ4v) is 1.67. The molecule has 1 aromatic heterocycles. The molecular weight excluding hydrogens is 182 g/mol. The minimum atomic E-state index is 0.578. The van der Waals surface area contributed by atoms with Crippen molar-refractivity contribution in [3.63, 3.8) is 0 Å². The van der Waals surface area contributed by atoms with Crippen molar-refractivity contribution in [3.8, 4) is 6.07 Å². The molecule has 1 N–H and O–H groups in total. The Morgan fingerprint density at radius 3 is 2.85 bits per heavy atom. The quantitative estimate of drug-likeness (QED) is 0.805. The summed E-state index contributed by atoms with van der Waals surface area (Å²) in [6.45, 7) is 7.01. The molecular formula is C9H13N3S. The van der Waals surface area contributed by atoms with E-state index in [9.17, 15) is 0 Å². The number of nitrogens with one attached hydrogen (secondary N) is 1. The van der Waals surface area contributed by atoms with Crippen molar-refractivity contribution in [2.24, 2.45) is 5.92 Å². The Bertz CT molecular complexity index is 322. The van der Waals surface area contributed by atoms with Crippen molar-refractivity contribution in [2.45, 2.75) is 20.8 Å². The maximum Gasteiger partial charge on any atom is 0.127 e. The van der Waals surface area contributed by atoms with Crippen LogP contribution in [0.15, 0.2) is 0 Å². The van der Waals surface area contributed by atoms with Gasteiger partial charge in [0.1, 0.15) is 16.6 Å². The van der Waals surface area contributed by atoms with Gasteiger partial charge in [-0.2, -0.15) is 9.64 Å². The molecule has 0 spiro atoms. The Morgan fingerprint density at radius 2 is 2.31 bits per heavy atom. The Hall–Kier alpha value is -1.08. The number of aryl methyl sites for hydroxylation is 1. The smallest absolute Gasteiger partial charge is 0.127 e. The van der Waals surface area contributed by atoms with Crippen LogP contribution in [-0.2, 0) is 0 Å². The van der Waals surface area contributed by atoms with E-state index in [0.717, 1.165) is 17.2 Å². The van der Waals surface area contributed by atoms with Crippen LogP contribution in [0.2, 0.25) is 0 Å². The molecule has 13 heavy (non-hydrogen) atoms. The summed E-state index contributed by atoms with van der Waals surface area (Å²) < 4.78 is 4.12. The van der Waals surface area contributed by atoms with Gasteiger partial charge < -0.3 is 5.32 Å². The maximum atomic E-state index is 8.83. The summed E-state index contributed by atoms with van der Waals surface area (Å²) >= 11 is 1.36. The molecule has 0 saturated heterocycles. The molecule has 0 atom stereocenters. The molecule has 0 aliphatic heterocycles. The third-order valence-electron chi connectivity index (χ3n) is 1.65. The predicted octanol–water partition coefficient (Wildman–Crippen LogP) is 2.39. The standard InChI is InChI=1S/C9H13N3S/c1-6(2)5-11-9-8(4-10)7(3)12-13-9/h6,11H,5H2,1-3H3. The Balaban J connectivity index is 2.73. The molecule has 0 bridgehead atoms. The van der Waals surface area contributed by atoms with Gasteiger partial charge >= 0.3 is 0 Å². The Labute approximate surface area is 82.6 Å². The topological polar surface area (TPSA) is 48.7 Å². The summed E-state index contributed by atoms with van der Waals surface area (Å²) in [6.07, 6.45) is 0. The molecule has 3 nitrogen and oxygen atoms in total. The minimum absolute atomic E-state index is 0.578. The third-order valence-corrected chi connectivity index (χ3v) is 2.54. The SMILES string of the molecule is Cc1nsc(NCC(C)C)c1C#N. The fraction of sp³-hybridized carbons (Fsp3) is 0.556.